The zero-order valence-corrected chi connectivity index (χ0v) is 19.6. The molecular weight excluding hydrogens is 422 g/mol. The fourth-order valence-electron chi connectivity index (χ4n) is 4.79. The van der Waals surface area contributed by atoms with E-state index < -0.39 is 18.1 Å². The predicted octanol–water partition coefficient (Wildman–Crippen LogP) is 5.10. The number of hydrogen-bond donors (Lipinski definition) is 1. The van der Waals surface area contributed by atoms with Gasteiger partial charge < -0.3 is 9.84 Å². The number of cyclic esters (lactones) is 1. The van der Waals surface area contributed by atoms with Crippen LogP contribution in [0.4, 0.5) is 4.79 Å². The number of aliphatic hydroxyl groups excluding tert-OH is 1. The van der Waals surface area contributed by atoms with E-state index in [0.717, 1.165) is 11.3 Å². The molecule has 5 nitrogen and oxygen atoms in total. The molecule has 1 saturated heterocycles. The number of hydrogen-bond acceptors (Lipinski definition) is 5. The van der Waals surface area contributed by atoms with E-state index in [0.29, 0.717) is 6.42 Å². The van der Waals surface area contributed by atoms with E-state index in [4.69, 9.17) is 4.74 Å². The summed E-state index contributed by atoms with van der Waals surface area (Å²) in [6.07, 6.45) is -0.192. The lowest BCUT2D eigenvalue weighted by Gasteiger charge is -2.41. The smallest absolute Gasteiger partial charge is 0.417 e. The van der Waals surface area contributed by atoms with Crippen LogP contribution in [0.2, 0.25) is 0 Å². The summed E-state index contributed by atoms with van der Waals surface area (Å²) in [5.41, 5.74) is 0.861. The van der Waals surface area contributed by atoms with Gasteiger partial charge in [0.2, 0.25) is 5.91 Å². The van der Waals surface area contributed by atoms with Gasteiger partial charge in [-0.15, -0.1) is 11.8 Å². The van der Waals surface area contributed by atoms with Crippen molar-refractivity contribution in [2.75, 3.05) is 6.61 Å². The Morgan fingerprint density at radius 2 is 1.66 bits per heavy atom. The molecule has 0 radical (unpaired) electrons. The summed E-state index contributed by atoms with van der Waals surface area (Å²) in [4.78, 5) is 28.7. The summed E-state index contributed by atoms with van der Waals surface area (Å²) in [6, 6.07) is 19.8. The van der Waals surface area contributed by atoms with Gasteiger partial charge >= 0.3 is 6.09 Å². The predicted molar refractivity (Wildman–Crippen MR) is 125 cm³/mol. The van der Waals surface area contributed by atoms with E-state index in [1.54, 1.807) is 11.8 Å². The molecule has 2 amide bonds. The summed E-state index contributed by atoms with van der Waals surface area (Å²) < 4.78 is 5.27. The zero-order chi connectivity index (χ0) is 22.9. The first-order valence-corrected chi connectivity index (χ1v) is 12.1. The molecule has 170 valence electrons. The number of imide groups is 1. The van der Waals surface area contributed by atoms with Gasteiger partial charge in [0.25, 0.3) is 0 Å². The molecule has 1 heterocycles. The molecular formula is C26H31NO4S. The van der Waals surface area contributed by atoms with Crippen LogP contribution in [-0.4, -0.2) is 46.0 Å². The average Bonchev–Trinajstić information content (AvgIpc) is 3.16. The molecule has 2 aromatic carbocycles. The van der Waals surface area contributed by atoms with Crippen molar-refractivity contribution in [1.82, 2.24) is 4.90 Å². The fraction of sp³-hybridized carbons (Fsp3) is 0.462. The van der Waals surface area contributed by atoms with E-state index in [2.05, 4.69) is 12.1 Å². The van der Waals surface area contributed by atoms with Crippen LogP contribution in [0, 0.1) is 11.3 Å². The van der Waals surface area contributed by atoms with Gasteiger partial charge in [-0.2, -0.15) is 0 Å². The van der Waals surface area contributed by atoms with Crippen LogP contribution >= 0.6 is 11.8 Å². The molecule has 4 rings (SSSR count). The monoisotopic (exact) mass is 453 g/mol. The van der Waals surface area contributed by atoms with Gasteiger partial charge in [-0.3, -0.25) is 4.79 Å². The zero-order valence-electron chi connectivity index (χ0n) is 18.8. The maximum atomic E-state index is 13.8. The van der Waals surface area contributed by atoms with Crippen LogP contribution in [0.3, 0.4) is 0 Å². The van der Waals surface area contributed by atoms with Crippen molar-refractivity contribution in [3.8, 4) is 0 Å². The summed E-state index contributed by atoms with van der Waals surface area (Å²) in [5.74, 6) is -0.837. The minimum absolute atomic E-state index is 0.153. The van der Waals surface area contributed by atoms with Crippen LogP contribution in [-0.2, 0) is 9.53 Å². The van der Waals surface area contributed by atoms with Gasteiger partial charge in [-0.05, 0) is 41.9 Å². The summed E-state index contributed by atoms with van der Waals surface area (Å²) in [7, 11) is 0. The lowest BCUT2D eigenvalue weighted by molar-refractivity contribution is -0.140. The molecule has 5 atom stereocenters. The van der Waals surface area contributed by atoms with Crippen molar-refractivity contribution in [2.45, 2.75) is 61.8 Å². The molecule has 1 saturated carbocycles. The van der Waals surface area contributed by atoms with E-state index in [-0.39, 0.29) is 35.1 Å². The third-order valence-electron chi connectivity index (χ3n) is 6.55. The van der Waals surface area contributed by atoms with E-state index in [9.17, 15) is 14.7 Å². The molecule has 32 heavy (non-hydrogen) atoms. The Hall–Kier alpha value is -2.31. The Morgan fingerprint density at radius 1 is 1.03 bits per heavy atom. The maximum absolute atomic E-state index is 13.8. The molecule has 2 aromatic rings. The second-order valence-corrected chi connectivity index (χ2v) is 11.1. The molecule has 1 aliphatic heterocycles. The molecule has 0 bridgehead atoms. The molecule has 0 aromatic heterocycles. The minimum atomic E-state index is -0.836. The SMILES string of the molecule is CC(C)(C)[C@H]1COC(=O)N1C(=O)[C@@H]1[C@H](O)C[C@@H](c2ccccc2)C[C@H]1Sc1ccccc1. The average molecular weight is 454 g/mol. The number of ether oxygens (including phenoxy) is 1. The highest BCUT2D eigenvalue weighted by Crippen LogP contribution is 2.45. The van der Waals surface area contributed by atoms with Crippen molar-refractivity contribution in [3.05, 3.63) is 66.2 Å². The summed E-state index contributed by atoms with van der Waals surface area (Å²) in [6.45, 7) is 6.19. The van der Waals surface area contributed by atoms with E-state index in [1.807, 2.05) is 69.3 Å². The first kappa shape index (κ1) is 22.9. The Morgan fingerprint density at radius 3 is 2.28 bits per heavy atom. The molecule has 0 spiro atoms. The Kier molecular flexibility index (Phi) is 6.63. The molecule has 6 heteroatoms. The number of nitrogens with zero attached hydrogens (tertiary/aromatic N) is 1. The standard InChI is InChI=1S/C26H31NO4S/c1-26(2,3)22-16-31-25(30)27(22)24(29)23-20(28)14-18(17-10-6-4-7-11-17)15-21(23)32-19-12-8-5-9-13-19/h4-13,18,20-23,28H,14-16H2,1-3H3/t18-,20-,21-,22-,23-/m1/s1. The van der Waals surface area contributed by atoms with Crippen molar-refractivity contribution < 1.29 is 19.4 Å². The van der Waals surface area contributed by atoms with Crippen molar-refractivity contribution >= 4 is 23.8 Å². The van der Waals surface area contributed by atoms with Crippen LogP contribution in [0.15, 0.2) is 65.6 Å². The number of rotatable bonds is 4. The number of benzene rings is 2. The number of carbonyl (C=O) groups excluding carboxylic acids is 2. The molecule has 1 N–H and O–H groups in total. The van der Waals surface area contributed by atoms with Gasteiger partial charge in [-0.1, -0.05) is 69.3 Å². The first-order valence-electron chi connectivity index (χ1n) is 11.2. The molecule has 0 unspecified atom stereocenters. The topological polar surface area (TPSA) is 66.8 Å². The van der Waals surface area contributed by atoms with Crippen LogP contribution < -0.4 is 0 Å². The van der Waals surface area contributed by atoms with Crippen LogP contribution in [0.25, 0.3) is 0 Å². The van der Waals surface area contributed by atoms with Crippen molar-refractivity contribution in [2.24, 2.45) is 11.3 Å². The Bertz CT molecular complexity index is 943. The lowest BCUT2D eigenvalue weighted by atomic mass is 9.75. The fourth-order valence-corrected chi connectivity index (χ4v) is 6.23. The van der Waals surface area contributed by atoms with Gasteiger partial charge in [-0.25, -0.2) is 9.69 Å². The van der Waals surface area contributed by atoms with Gasteiger partial charge in [0.15, 0.2) is 0 Å². The number of amides is 2. The molecule has 1 aliphatic carbocycles. The van der Waals surface area contributed by atoms with Crippen molar-refractivity contribution in [3.63, 3.8) is 0 Å². The molecule has 2 fully saturated rings. The summed E-state index contributed by atoms with van der Waals surface area (Å²) >= 11 is 1.61. The third kappa shape index (κ3) is 4.71. The highest BCUT2D eigenvalue weighted by Gasteiger charge is 2.51. The second kappa shape index (κ2) is 9.28. The van der Waals surface area contributed by atoms with E-state index in [1.165, 1.54) is 10.5 Å². The number of carbonyl (C=O) groups is 2. The highest BCUT2D eigenvalue weighted by molar-refractivity contribution is 8.00. The second-order valence-electron chi connectivity index (χ2n) is 9.81. The maximum Gasteiger partial charge on any atom is 0.417 e. The minimum Gasteiger partial charge on any atom is -0.447 e. The first-order chi connectivity index (χ1) is 15.3. The van der Waals surface area contributed by atoms with Gasteiger partial charge in [0.05, 0.1) is 18.1 Å². The van der Waals surface area contributed by atoms with Crippen LogP contribution in [0.1, 0.15) is 45.1 Å². The van der Waals surface area contributed by atoms with Crippen molar-refractivity contribution in [1.29, 1.82) is 0 Å². The number of aliphatic hydroxyl groups is 1. The van der Waals surface area contributed by atoms with Gasteiger partial charge in [0.1, 0.15) is 6.61 Å². The normalized spacial score (nSPS) is 28.4. The van der Waals surface area contributed by atoms with Crippen LogP contribution in [0.5, 0.6) is 0 Å². The number of thioether (sulfide) groups is 1. The van der Waals surface area contributed by atoms with E-state index >= 15 is 0 Å². The Balaban J connectivity index is 1.65. The largest absolute Gasteiger partial charge is 0.447 e. The third-order valence-corrected chi connectivity index (χ3v) is 7.89. The summed E-state index contributed by atoms with van der Waals surface area (Å²) in [5, 5.41) is 11.1. The quantitative estimate of drug-likeness (QED) is 0.698. The lowest BCUT2D eigenvalue weighted by Crippen LogP contribution is -2.54. The molecule has 2 aliphatic rings. The van der Waals surface area contributed by atoms with Gasteiger partial charge in [0, 0.05) is 10.1 Å². The Labute approximate surface area is 194 Å². The highest BCUT2D eigenvalue weighted by atomic mass is 32.2.